The lowest BCUT2D eigenvalue weighted by Gasteiger charge is -1.97. The SMILES string of the molecule is O=c1c(-c2ccccc2)nnc2scnn12. The van der Waals surface area contributed by atoms with Crippen LogP contribution in [-0.4, -0.2) is 19.8 Å². The predicted molar refractivity (Wildman–Crippen MR) is 60.4 cm³/mol. The van der Waals surface area contributed by atoms with Crippen molar-refractivity contribution >= 4 is 16.3 Å². The molecule has 0 amide bonds. The van der Waals surface area contributed by atoms with Crippen molar-refractivity contribution in [1.82, 2.24) is 19.8 Å². The highest BCUT2D eigenvalue weighted by Crippen LogP contribution is 2.11. The molecule has 2 aromatic heterocycles. The fourth-order valence-electron chi connectivity index (χ4n) is 1.44. The first-order valence-electron chi connectivity index (χ1n) is 4.61. The molecule has 0 saturated carbocycles. The molecule has 0 N–H and O–H groups in total. The number of rotatable bonds is 1. The Balaban J connectivity index is 2.33. The molecule has 6 heteroatoms. The van der Waals surface area contributed by atoms with Gasteiger partial charge in [-0.05, 0) is 0 Å². The zero-order chi connectivity index (χ0) is 11.0. The number of benzene rings is 1. The maximum atomic E-state index is 12.0. The molecule has 0 unspecified atom stereocenters. The van der Waals surface area contributed by atoms with Gasteiger partial charge in [-0.25, -0.2) is 0 Å². The zero-order valence-corrected chi connectivity index (χ0v) is 8.89. The van der Waals surface area contributed by atoms with Gasteiger partial charge in [-0.15, -0.1) is 10.2 Å². The van der Waals surface area contributed by atoms with Crippen molar-refractivity contribution in [1.29, 1.82) is 0 Å². The summed E-state index contributed by atoms with van der Waals surface area (Å²) in [5, 5.41) is 11.8. The number of hydrogen-bond donors (Lipinski definition) is 0. The van der Waals surface area contributed by atoms with Crippen LogP contribution in [0.25, 0.3) is 16.2 Å². The summed E-state index contributed by atoms with van der Waals surface area (Å²) in [4.78, 5) is 12.5. The van der Waals surface area contributed by atoms with Crippen LogP contribution in [-0.2, 0) is 0 Å². The monoisotopic (exact) mass is 230 g/mol. The number of nitrogens with zero attached hydrogens (tertiary/aromatic N) is 4. The van der Waals surface area contributed by atoms with Gasteiger partial charge in [0.05, 0.1) is 0 Å². The van der Waals surface area contributed by atoms with E-state index in [0.29, 0.717) is 10.7 Å². The maximum absolute atomic E-state index is 12.0. The van der Waals surface area contributed by atoms with Crippen LogP contribution in [0.1, 0.15) is 0 Å². The van der Waals surface area contributed by atoms with Crippen molar-refractivity contribution in [2.75, 3.05) is 0 Å². The average Bonchev–Trinajstić information content (AvgIpc) is 2.80. The summed E-state index contributed by atoms with van der Waals surface area (Å²) in [6.07, 6.45) is 0. The lowest BCUT2D eigenvalue weighted by atomic mass is 10.2. The molecule has 0 spiro atoms. The Kier molecular flexibility index (Phi) is 2.00. The fraction of sp³-hybridized carbons (Fsp3) is 0. The molecular weight excluding hydrogens is 224 g/mol. The molecule has 0 fully saturated rings. The van der Waals surface area contributed by atoms with E-state index in [2.05, 4.69) is 15.3 Å². The van der Waals surface area contributed by atoms with E-state index in [1.54, 1.807) is 5.51 Å². The molecule has 0 aliphatic heterocycles. The second-order valence-corrected chi connectivity index (χ2v) is 3.96. The highest BCUT2D eigenvalue weighted by Gasteiger charge is 2.09. The summed E-state index contributed by atoms with van der Waals surface area (Å²) in [5.74, 6) is 0. The van der Waals surface area contributed by atoms with Crippen LogP contribution in [0.2, 0.25) is 0 Å². The molecule has 0 saturated heterocycles. The largest absolute Gasteiger partial charge is 0.302 e. The Labute approximate surface area is 94.0 Å². The van der Waals surface area contributed by atoms with Crippen LogP contribution in [0.5, 0.6) is 0 Å². The standard InChI is InChI=1S/C10H6N4OS/c15-9-8(7-4-2-1-3-5-7)12-13-10-14(9)11-6-16-10/h1-6H. The van der Waals surface area contributed by atoms with Gasteiger partial charge in [0.2, 0.25) is 4.96 Å². The van der Waals surface area contributed by atoms with Crippen molar-refractivity contribution in [3.8, 4) is 11.3 Å². The van der Waals surface area contributed by atoms with E-state index in [4.69, 9.17) is 0 Å². The Morgan fingerprint density at radius 2 is 1.94 bits per heavy atom. The molecule has 1 aromatic carbocycles. The Hall–Kier alpha value is -2.08. The summed E-state index contributed by atoms with van der Waals surface area (Å²) in [6.45, 7) is 0. The molecule has 3 aromatic rings. The lowest BCUT2D eigenvalue weighted by Crippen LogP contribution is -2.18. The summed E-state index contributed by atoms with van der Waals surface area (Å²) in [7, 11) is 0. The summed E-state index contributed by atoms with van der Waals surface area (Å²) in [5.41, 5.74) is 2.41. The van der Waals surface area contributed by atoms with E-state index >= 15 is 0 Å². The van der Waals surface area contributed by atoms with Gasteiger partial charge in [0.1, 0.15) is 5.51 Å². The van der Waals surface area contributed by atoms with Crippen LogP contribution in [0.4, 0.5) is 0 Å². The van der Waals surface area contributed by atoms with Gasteiger partial charge in [-0.3, -0.25) is 4.79 Å². The first kappa shape index (κ1) is 9.17. The molecule has 3 rings (SSSR count). The third kappa shape index (κ3) is 1.31. The molecule has 0 radical (unpaired) electrons. The van der Waals surface area contributed by atoms with E-state index in [1.807, 2.05) is 30.3 Å². The number of aromatic nitrogens is 4. The van der Waals surface area contributed by atoms with Crippen molar-refractivity contribution < 1.29 is 0 Å². The first-order chi connectivity index (χ1) is 7.86. The Bertz CT molecular complexity index is 689. The van der Waals surface area contributed by atoms with Crippen molar-refractivity contribution in [3.63, 3.8) is 0 Å². The molecule has 0 aliphatic carbocycles. The zero-order valence-electron chi connectivity index (χ0n) is 8.07. The minimum Gasteiger partial charge on any atom is -0.265 e. The third-order valence-corrected chi connectivity index (χ3v) is 2.84. The van der Waals surface area contributed by atoms with Crippen molar-refractivity contribution in [2.45, 2.75) is 0 Å². The van der Waals surface area contributed by atoms with Gasteiger partial charge >= 0.3 is 5.56 Å². The van der Waals surface area contributed by atoms with Crippen molar-refractivity contribution in [3.05, 3.63) is 46.2 Å². The number of fused-ring (bicyclic) bond motifs is 1. The molecule has 5 nitrogen and oxygen atoms in total. The summed E-state index contributed by atoms with van der Waals surface area (Å²) in [6, 6.07) is 9.24. The second kappa shape index (κ2) is 3.49. The minimum absolute atomic E-state index is 0.238. The van der Waals surface area contributed by atoms with Crippen molar-refractivity contribution in [2.24, 2.45) is 0 Å². The predicted octanol–water partition coefficient (Wildman–Crippen LogP) is 1.21. The molecule has 0 atom stereocenters. The normalized spacial score (nSPS) is 10.8. The summed E-state index contributed by atoms with van der Waals surface area (Å²) < 4.78 is 1.26. The van der Waals surface area contributed by atoms with E-state index in [-0.39, 0.29) is 5.56 Å². The van der Waals surface area contributed by atoms with Crippen LogP contribution in [0.15, 0.2) is 40.6 Å². The minimum atomic E-state index is -0.238. The van der Waals surface area contributed by atoms with Crippen LogP contribution in [0, 0.1) is 0 Å². The molecule has 0 aliphatic rings. The van der Waals surface area contributed by atoms with Crippen LogP contribution < -0.4 is 5.56 Å². The average molecular weight is 230 g/mol. The molecule has 0 bridgehead atoms. The van der Waals surface area contributed by atoms with Gasteiger partial charge in [-0.1, -0.05) is 41.7 Å². The van der Waals surface area contributed by atoms with E-state index in [1.165, 1.54) is 15.9 Å². The number of hydrogen-bond acceptors (Lipinski definition) is 5. The smallest absolute Gasteiger partial charge is 0.265 e. The van der Waals surface area contributed by atoms with E-state index in [9.17, 15) is 4.79 Å². The van der Waals surface area contributed by atoms with Crippen LogP contribution in [0.3, 0.4) is 0 Å². The van der Waals surface area contributed by atoms with E-state index < -0.39 is 0 Å². The third-order valence-electron chi connectivity index (χ3n) is 2.18. The first-order valence-corrected chi connectivity index (χ1v) is 5.49. The van der Waals surface area contributed by atoms with E-state index in [0.717, 1.165) is 5.56 Å². The molecule has 78 valence electrons. The highest BCUT2D eigenvalue weighted by molar-refractivity contribution is 7.14. The molecule has 16 heavy (non-hydrogen) atoms. The Morgan fingerprint density at radius 1 is 1.12 bits per heavy atom. The fourth-order valence-corrected chi connectivity index (χ4v) is 1.99. The Morgan fingerprint density at radius 3 is 2.75 bits per heavy atom. The lowest BCUT2D eigenvalue weighted by molar-refractivity contribution is 0.859. The van der Waals surface area contributed by atoms with Gasteiger partial charge in [-0.2, -0.15) is 9.61 Å². The quantitative estimate of drug-likeness (QED) is 0.630. The topological polar surface area (TPSA) is 60.2 Å². The van der Waals surface area contributed by atoms with Gasteiger partial charge in [0, 0.05) is 5.56 Å². The molecular formula is C10H6N4OS. The van der Waals surface area contributed by atoms with Gasteiger partial charge in [0.25, 0.3) is 0 Å². The molecule has 2 heterocycles. The van der Waals surface area contributed by atoms with Gasteiger partial charge < -0.3 is 0 Å². The van der Waals surface area contributed by atoms with Crippen LogP contribution >= 0.6 is 11.3 Å². The second-order valence-electron chi connectivity index (χ2n) is 3.15. The highest BCUT2D eigenvalue weighted by atomic mass is 32.1. The maximum Gasteiger partial charge on any atom is 0.302 e. The summed E-state index contributed by atoms with van der Waals surface area (Å²) >= 11 is 1.28. The van der Waals surface area contributed by atoms with Gasteiger partial charge in [0.15, 0.2) is 5.69 Å².